The van der Waals surface area contributed by atoms with Crippen LogP contribution in [0.2, 0.25) is 5.02 Å². The van der Waals surface area contributed by atoms with Gasteiger partial charge in [0.25, 0.3) is 0 Å². The van der Waals surface area contributed by atoms with Crippen molar-refractivity contribution in [3.8, 4) is 5.75 Å². The van der Waals surface area contributed by atoms with Gasteiger partial charge in [-0.15, -0.1) is 0 Å². The third-order valence-corrected chi connectivity index (χ3v) is 16.5. The highest BCUT2D eigenvalue weighted by molar-refractivity contribution is 6.57. The molecular weight excluding hydrogens is 1180 g/mol. The third kappa shape index (κ3) is 20.4. The Morgan fingerprint density at radius 3 is 2.30 bits per heavy atom. The zero-order valence-corrected chi connectivity index (χ0v) is 53.6. The highest BCUT2D eigenvalue weighted by Crippen LogP contribution is 2.49. The Balaban J connectivity index is 1.21. The molecule has 10 atom stereocenters. The number of epoxide rings is 1. The van der Waals surface area contributed by atoms with E-state index >= 15 is 0 Å². The lowest BCUT2D eigenvalue weighted by Gasteiger charge is -2.42. The molecule has 8 N–H and O–H groups in total. The number of benzene rings is 2. The van der Waals surface area contributed by atoms with Gasteiger partial charge in [-0.1, -0.05) is 68.3 Å². The van der Waals surface area contributed by atoms with Crippen LogP contribution in [0.3, 0.4) is 0 Å². The van der Waals surface area contributed by atoms with Gasteiger partial charge < -0.3 is 80.0 Å². The maximum atomic E-state index is 14.4. The van der Waals surface area contributed by atoms with Gasteiger partial charge in [0.05, 0.1) is 31.0 Å². The Hall–Kier alpha value is -7.75. The fourth-order valence-corrected chi connectivity index (χ4v) is 10.7. The number of alkyl carbamates (subject to hydrolysis) is 1. The number of unbranched alkanes of at least 4 members (excludes halogenated alkanes) is 1. The Kier molecular flexibility index (Phi) is 26.4. The minimum absolute atomic E-state index is 0.0179. The van der Waals surface area contributed by atoms with Crippen molar-refractivity contribution in [2.45, 2.75) is 166 Å². The van der Waals surface area contributed by atoms with Crippen LogP contribution in [-0.4, -0.2) is 184 Å². The normalized spacial score (nSPS) is 23.6. The predicted molar refractivity (Wildman–Crippen MR) is 331 cm³/mol. The number of carbonyl (C=O) groups excluding carboxylic acids is 10. The minimum atomic E-state index is -1.91. The van der Waals surface area contributed by atoms with Gasteiger partial charge in [-0.05, 0) is 101 Å². The van der Waals surface area contributed by atoms with E-state index in [0.29, 0.717) is 48.4 Å². The van der Waals surface area contributed by atoms with E-state index in [1.807, 2.05) is 13.0 Å². The van der Waals surface area contributed by atoms with E-state index in [1.54, 1.807) is 76.2 Å². The van der Waals surface area contributed by atoms with Crippen molar-refractivity contribution in [1.82, 2.24) is 31.1 Å². The molecule has 4 bridgehead atoms. The van der Waals surface area contributed by atoms with Crippen molar-refractivity contribution in [3.05, 3.63) is 76.3 Å². The van der Waals surface area contributed by atoms with Crippen molar-refractivity contribution < 1.29 is 81.5 Å². The second-order valence-electron chi connectivity index (χ2n) is 23.5. The Morgan fingerprint density at radius 2 is 1.66 bits per heavy atom. The summed E-state index contributed by atoms with van der Waals surface area (Å²) in [6, 6.07) is 5.82. The van der Waals surface area contributed by atoms with Crippen LogP contribution in [0, 0.1) is 11.8 Å². The fraction of sp³-hybridized carbons (Fsp3) is 0.574. The van der Waals surface area contributed by atoms with E-state index in [1.165, 1.54) is 59.9 Å². The van der Waals surface area contributed by atoms with Crippen LogP contribution in [-0.2, 0) is 70.3 Å². The largest absolute Gasteiger partial charge is 0.495 e. The number of urea groups is 1. The Morgan fingerprint density at radius 1 is 0.978 bits per heavy atom. The maximum Gasteiger partial charge on any atom is 0.409 e. The monoisotopic (exact) mass is 1260 g/mol. The van der Waals surface area contributed by atoms with Gasteiger partial charge in [0, 0.05) is 72.2 Å². The lowest BCUT2D eigenvalue weighted by Crippen LogP contribution is -2.63. The summed E-state index contributed by atoms with van der Waals surface area (Å²) >= 11 is 6.83. The molecule has 5 rings (SSSR count). The quantitative estimate of drug-likeness (QED) is 0.0244. The number of amides is 9. The number of halogens is 1. The summed E-state index contributed by atoms with van der Waals surface area (Å²) in [5.74, 6) is -4.14. The van der Waals surface area contributed by atoms with E-state index in [4.69, 9.17) is 45.8 Å². The summed E-state index contributed by atoms with van der Waals surface area (Å²) < 4.78 is 35.0. The molecule has 0 aliphatic carbocycles. The van der Waals surface area contributed by atoms with Gasteiger partial charge in [0.1, 0.15) is 59.4 Å². The van der Waals surface area contributed by atoms with Crippen molar-refractivity contribution in [1.29, 1.82) is 0 Å². The number of aliphatic hydroxyl groups is 1. The molecule has 89 heavy (non-hydrogen) atoms. The number of hydrogen-bond donors (Lipinski definition) is 7. The summed E-state index contributed by atoms with van der Waals surface area (Å²) in [5.41, 5.74) is 4.79. The molecule has 0 aromatic heterocycles. The molecular formula is C61H87BClN9O17. The van der Waals surface area contributed by atoms with Crippen molar-refractivity contribution in [2.75, 3.05) is 58.7 Å². The molecule has 3 heterocycles. The van der Waals surface area contributed by atoms with Crippen LogP contribution < -0.4 is 42.0 Å². The van der Waals surface area contributed by atoms with E-state index in [2.05, 4.69) is 26.6 Å². The lowest BCUT2D eigenvalue weighted by atomic mass is 9.83. The molecule has 2 aromatic carbocycles. The van der Waals surface area contributed by atoms with Crippen LogP contribution >= 0.6 is 11.6 Å². The molecule has 28 heteroatoms. The first-order valence-electron chi connectivity index (χ1n) is 29.7. The Labute approximate surface area is 525 Å². The number of primary amides is 1. The maximum absolute atomic E-state index is 14.4. The number of methoxy groups -OCH3 is 2. The van der Waals surface area contributed by atoms with Crippen molar-refractivity contribution in [3.63, 3.8) is 0 Å². The van der Waals surface area contributed by atoms with Crippen molar-refractivity contribution in [2.24, 2.45) is 17.6 Å². The number of hydrogen-bond acceptors (Lipinski definition) is 17. The molecule has 9 amide bonds. The highest BCUT2D eigenvalue weighted by atomic mass is 35.5. The summed E-state index contributed by atoms with van der Waals surface area (Å²) in [4.78, 5) is 135. The van der Waals surface area contributed by atoms with Gasteiger partial charge in [0.2, 0.25) is 29.5 Å². The number of likely N-dealkylation sites (N-methyl/N-ethyl adjacent to an activating group) is 1. The molecule has 3 aliphatic rings. The number of nitrogens with two attached hydrogens (primary N) is 1. The molecule has 0 saturated carbocycles. The number of nitrogens with zero attached hydrogens (tertiary/aromatic N) is 3. The molecule has 2 saturated heterocycles. The molecule has 488 valence electrons. The minimum Gasteiger partial charge on any atom is -0.495 e. The second-order valence-corrected chi connectivity index (χ2v) is 23.9. The number of esters is 1. The summed E-state index contributed by atoms with van der Waals surface area (Å²) in [5, 5.41) is 25.2. The first-order chi connectivity index (χ1) is 41.9. The second kappa shape index (κ2) is 32.7. The van der Waals surface area contributed by atoms with Gasteiger partial charge in [0.15, 0.2) is 13.6 Å². The molecule has 3 aliphatic heterocycles. The summed E-state index contributed by atoms with van der Waals surface area (Å²) in [6.07, 6.45) is 0.920. The highest BCUT2D eigenvalue weighted by Gasteiger charge is 2.64. The van der Waals surface area contributed by atoms with Gasteiger partial charge in [-0.2, -0.15) is 0 Å². The lowest BCUT2D eigenvalue weighted by molar-refractivity contribution is -0.162. The summed E-state index contributed by atoms with van der Waals surface area (Å²) in [6.45, 7) is 10.1. The van der Waals surface area contributed by atoms with E-state index in [-0.39, 0.29) is 74.3 Å². The third-order valence-electron chi connectivity index (χ3n) is 16.1. The molecule has 26 nitrogen and oxygen atoms in total. The average molecular weight is 1260 g/mol. The average Bonchev–Trinajstić information content (AvgIpc) is 1.59. The van der Waals surface area contributed by atoms with Gasteiger partial charge >= 0.3 is 24.2 Å². The number of allylic oxidation sites excluding steroid dienone is 3. The van der Waals surface area contributed by atoms with Gasteiger partial charge in [-0.25, -0.2) is 19.2 Å². The SMILES string of the molecule is BC(=O)CCCCC(=O)N[C@H](C(=O)N[C@@H](CCCNC(N)=O)C(=O)Nc1ccc(COC(=O)N(C)CCC(=O)N(C)[C@@H](C)C(=O)O[C@H]2CC(=O)N(C)c3cc(cc(OC)c3Cl)C/C(C)=C/C=C/[C@@H](OC)[C@@]3(O)C[C@H](OC(=O)N3)[C@@H](C)[C@@H]3O[C@@]23C)cc1)C(C)C. The number of rotatable bonds is 25. The number of carbonyl (C=O) groups is 10. The van der Waals surface area contributed by atoms with Crippen LogP contribution in [0.4, 0.5) is 25.8 Å². The fourth-order valence-electron chi connectivity index (χ4n) is 10.4. The van der Waals surface area contributed by atoms with Crippen LogP contribution in [0.15, 0.2) is 60.2 Å². The molecule has 0 unspecified atom stereocenters. The van der Waals surface area contributed by atoms with E-state index in [9.17, 15) is 53.1 Å². The topological polar surface area (TPSA) is 345 Å². The number of nitrogens with one attached hydrogen (secondary N) is 5. The molecule has 2 aromatic rings. The van der Waals surface area contributed by atoms with E-state index in [0.717, 1.165) is 16.0 Å². The Bertz CT molecular complexity index is 2970. The van der Waals surface area contributed by atoms with Gasteiger partial charge in [-0.3, -0.25) is 29.3 Å². The number of fused-ring (bicyclic) bond motifs is 5. The number of ether oxygens (including phenoxy) is 6. The number of anilines is 2. The molecule has 0 radical (unpaired) electrons. The van der Waals surface area contributed by atoms with Crippen LogP contribution in [0.5, 0.6) is 5.75 Å². The predicted octanol–water partition coefficient (Wildman–Crippen LogP) is 3.91. The van der Waals surface area contributed by atoms with Crippen LogP contribution in [0.25, 0.3) is 0 Å². The zero-order chi connectivity index (χ0) is 66.1. The molecule has 0 spiro atoms. The first-order valence-corrected chi connectivity index (χ1v) is 30.0. The summed E-state index contributed by atoms with van der Waals surface area (Å²) in [7, 11) is 8.68. The first kappa shape index (κ1) is 72.0. The zero-order valence-electron chi connectivity index (χ0n) is 52.9. The van der Waals surface area contributed by atoms with Crippen LogP contribution in [0.1, 0.15) is 110 Å². The van der Waals surface area contributed by atoms with Crippen molar-refractivity contribution >= 4 is 90.2 Å². The smallest absolute Gasteiger partial charge is 0.409 e. The van der Waals surface area contributed by atoms with E-state index < -0.39 is 114 Å². The molecule has 2 fully saturated rings. The standard InChI is InChI=1S/C61H87BClN9O17/c1-34(2)52(68-48(74)20-13-12-19-47(62)73)55(78)67-41(17-15-26-65-57(64)80)54(77)66-40-23-21-38(22-24-40)33-86-59(82)70(7)27-25-49(75)71(8)37(5)56(79)88-46-31-50(76)72(9)42-29-39(30-43(84-10)51(42)63)28-35(3)16-14-18-45(85-11)61(83)32-44(87-58(81)69-61)36(4)53-60(46,6)89-53/h14,16,18,21-24,29-30,34,36-37,41,44-46,52-53,83H,12-13,15,17,19-20,25-28,31-33,62H2,1-11H3,(H,66,77)(H,67,78)(H,68,74)(H,69,81)(H3,64,65,80)/b18-14+,35-16+/t36-,37+,41+,44+,45-,46+,52+,53+,60+,61+/m1/s1.